The molecule has 0 saturated heterocycles. The molecule has 0 heterocycles. The van der Waals surface area contributed by atoms with Crippen molar-refractivity contribution >= 4 is 35.0 Å². The number of amides is 2. The number of rotatable bonds is 8. The molecule has 0 spiro atoms. The maximum Gasteiger partial charge on any atom is 0.236 e. The highest BCUT2D eigenvalue weighted by atomic mass is 35.5. The predicted octanol–water partition coefficient (Wildman–Crippen LogP) is 1.42. The van der Waals surface area contributed by atoms with Gasteiger partial charge in [-0.05, 0) is 12.1 Å². The van der Waals surface area contributed by atoms with E-state index in [1.165, 1.54) is 21.3 Å². The Hall–Kier alpha value is -1.86. The van der Waals surface area contributed by atoms with Crippen LogP contribution in [0, 0.1) is 0 Å². The number of alkyl halides is 2. The van der Waals surface area contributed by atoms with E-state index in [1.54, 1.807) is 12.1 Å². The maximum absolute atomic E-state index is 11.6. The van der Waals surface area contributed by atoms with Crippen molar-refractivity contribution in [1.29, 1.82) is 0 Å². The van der Waals surface area contributed by atoms with Crippen molar-refractivity contribution in [2.45, 2.75) is 6.17 Å². The first kappa shape index (κ1) is 19.2. The van der Waals surface area contributed by atoms with Crippen LogP contribution in [-0.2, 0) is 9.59 Å². The summed E-state index contributed by atoms with van der Waals surface area (Å²) < 4.78 is 15.7. The van der Waals surface area contributed by atoms with Crippen LogP contribution in [0.2, 0.25) is 0 Å². The molecule has 1 aromatic rings. The topological polar surface area (TPSA) is 85.9 Å². The van der Waals surface area contributed by atoms with Gasteiger partial charge in [0.25, 0.3) is 0 Å². The smallest absolute Gasteiger partial charge is 0.236 e. The number of benzene rings is 1. The average molecular weight is 365 g/mol. The van der Waals surface area contributed by atoms with Crippen LogP contribution >= 0.6 is 23.2 Å². The number of hydrogen-bond donors (Lipinski definition) is 2. The lowest BCUT2D eigenvalue weighted by atomic mass is 10.1. The van der Waals surface area contributed by atoms with Crippen LogP contribution < -0.4 is 24.8 Å². The Morgan fingerprint density at radius 2 is 1.39 bits per heavy atom. The van der Waals surface area contributed by atoms with Crippen LogP contribution in [0.3, 0.4) is 0 Å². The van der Waals surface area contributed by atoms with Crippen LogP contribution in [0.4, 0.5) is 0 Å². The van der Waals surface area contributed by atoms with Gasteiger partial charge in [-0.3, -0.25) is 9.59 Å². The van der Waals surface area contributed by atoms with Gasteiger partial charge in [0.05, 0.1) is 21.3 Å². The Morgan fingerprint density at radius 1 is 0.957 bits per heavy atom. The lowest BCUT2D eigenvalue weighted by molar-refractivity contribution is -0.122. The molecule has 0 bridgehead atoms. The number of carbonyl (C=O) groups is 2. The second-order valence-corrected chi connectivity index (χ2v) is 4.83. The molecule has 0 saturated carbocycles. The van der Waals surface area contributed by atoms with Crippen molar-refractivity contribution in [2.24, 2.45) is 0 Å². The first-order valence-corrected chi connectivity index (χ1v) is 7.58. The number of carbonyl (C=O) groups excluding carboxylic acids is 2. The third-order valence-corrected chi connectivity index (χ3v) is 3.36. The van der Waals surface area contributed by atoms with Crippen LogP contribution in [0.1, 0.15) is 11.7 Å². The fraction of sp³-hybridized carbons (Fsp3) is 0.429. The summed E-state index contributed by atoms with van der Waals surface area (Å²) >= 11 is 11.0. The van der Waals surface area contributed by atoms with Gasteiger partial charge >= 0.3 is 0 Å². The Bertz CT molecular complexity index is 525. The second-order valence-electron chi connectivity index (χ2n) is 4.29. The lowest BCUT2D eigenvalue weighted by Crippen LogP contribution is -2.42. The van der Waals surface area contributed by atoms with Crippen molar-refractivity contribution in [3.63, 3.8) is 0 Å². The zero-order valence-electron chi connectivity index (χ0n) is 12.9. The van der Waals surface area contributed by atoms with Gasteiger partial charge < -0.3 is 24.8 Å². The lowest BCUT2D eigenvalue weighted by Gasteiger charge is -2.22. The molecule has 0 atom stereocenters. The summed E-state index contributed by atoms with van der Waals surface area (Å²) in [5.74, 6) is -0.264. The monoisotopic (exact) mass is 364 g/mol. The minimum Gasteiger partial charge on any atom is -0.493 e. The van der Waals surface area contributed by atoms with E-state index in [1.807, 2.05) is 0 Å². The molecule has 1 aromatic carbocycles. The predicted molar refractivity (Wildman–Crippen MR) is 86.6 cm³/mol. The number of methoxy groups -OCH3 is 3. The quantitative estimate of drug-likeness (QED) is 0.538. The maximum atomic E-state index is 11.6. The van der Waals surface area contributed by atoms with E-state index < -0.39 is 18.0 Å². The molecule has 2 amide bonds. The van der Waals surface area contributed by atoms with E-state index >= 15 is 0 Å². The van der Waals surface area contributed by atoms with E-state index in [0.29, 0.717) is 22.8 Å². The number of halogens is 2. The molecule has 0 aliphatic carbocycles. The van der Waals surface area contributed by atoms with E-state index in [4.69, 9.17) is 37.4 Å². The fourth-order valence-electron chi connectivity index (χ4n) is 1.87. The van der Waals surface area contributed by atoms with Gasteiger partial charge in [-0.2, -0.15) is 0 Å². The summed E-state index contributed by atoms with van der Waals surface area (Å²) in [6.45, 7) is 0. The highest BCUT2D eigenvalue weighted by Gasteiger charge is 2.21. The zero-order valence-corrected chi connectivity index (χ0v) is 14.5. The van der Waals surface area contributed by atoms with Crippen molar-refractivity contribution in [1.82, 2.24) is 10.6 Å². The van der Waals surface area contributed by atoms with Gasteiger partial charge in [0.2, 0.25) is 17.6 Å². The SMILES string of the molecule is COc1cc(C(NC(=O)CCl)NC(=O)CCl)cc(OC)c1OC. The molecule has 0 aliphatic rings. The second kappa shape index (κ2) is 9.32. The number of hydrogen-bond acceptors (Lipinski definition) is 5. The third kappa shape index (κ3) is 5.07. The third-order valence-electron chi connectivity index (χ3n) is 2.87. The van der Waals surface area contributed by atoms with E-state index in [2.05, 4.69) is 10.6 Å². The van der Waals surface area contributed by atoms with Gasteiger partial charge in [-0.15, -0.1) is 23.2 Å². The summed E-state index contributed by atoms with van der Waals surface area (Å²) in [6, 6.07) is 3.21. The summed E-state index contributed by atoms with van der Waals surface area (Å²) in [6.07, 6.45) is -0.846. The largest absolute Gasteiger partial charge is 0.493 e. The first-order valence-electron chi connectivity index (χ1n) is 6.51. The molecule has 0 unspecified atom stereocenters. The van der Waals surface area contributed by atoms with Crippen molar-refractivity contribution in [2.75, 3.05) is 33.1 Å². The molecule has 9 heteroatoms. The van der Waals surface area contributed by atoms with Crippen molar-refractivity contribution in [3.8, 4) is 17.2 Å². The summed E-state index contributed by atoms with van der Waals surface area (Å²) in [5, 5.41) is 5.15. The minimum atomic E-state index is -0.846. The summed E-state index contributed by atoms with van der Waals surface area (Å²) in [5.41, 5.74) is 0.511. The van der Waals surface area contributed by atoms with Crippen LogP contribution in [0.5, 0.6) is 17.2 Å². The molecule has 0 aromatic heterocycles. The van der Waals surface area contributed by atoms with E-state index in [9.17, 15) is 9.59 Å². The Kier molecular flexibility index (Phi) is 7.77. The van der Waals surface area contributed by atoms with Crippen molar-refractivity contribution < 1.29 is 23.8 Å². The average Bonchev–Trinajstić information content (AvgIpc) is 2.59. The molecule has 0 radical (unpaired) electrons. The Labute approximate surface area is 144 Å². The van der Waals surface area contributed by atoms with Gasteiger partial charge in [-0.25, -0.2) is 0 Å². The van der Waals surface area contributed by atoms with E-state index in [-0.39, 0.29) is 11.8 Å². The molecule has 2 N–H and O–H groups in total. The molecule has 23 heavy (non-hydrogen) atoms. The molecular weight excluding hydrogens is 347 g/mol. The highest BCUT2D eigenvalue weighted by molar-refractivity contribution is 6.27. The molecule has 128 valence electrons. The normalized spacial score (nSPS) is 10.2. The number of nitrogens with one attached hydrogen (secondary N) is 2. The Morgan fingerprint density at radius 3 is 1.70 bits per heavy atom. The summed E-state index contributed by atoms with van der Waals surface area (Å²) in [7, 11) is 4.40. The standard InChI is InChI=1S/C14H18Cl2N2O5/c1-21-9-4-8(5-10(22-2)13(9)23-3)14(17-11(19)6-15)18-12(20)7-16/h4-5,14H,6-7H2,1-3H3,(H,17,19)(H,18,20). The van der Waals surface area contributed by atoms with E-state index in [0.717, 1.165) is 0 Å². The van der Waals surface area contributed by atoms with Gasteiger partial charge in [0, 0.05) is 5.56 Å². The van der Waals surface area contributed by atoms with Crippen LogP contribution in [-0.4, -0.2) is 44.9 Å². The van der Waals surface area contributed by atoms with Gasteiger partial charge in [0.1, 0.15) is 17.9 Å². The molecule has 7 nitrogen and oxygen atoms in total. The minimum absolute atomic E-state index is 0.252. The molecule has 1 rings (SSSR count). The molecular formula is C14H18Cl2N2O5. The molecule has 0 aliphatic heterocycles. The van der Waals surface area contributed by atoms with Crippen LogP contribution in [0.25, 0.3) is 0 Å². The molecule has 0 fully saturated rings. The Balaban J connectivity index is 3.27. The first-order chi connectivity index (χ1) is 11.0. The van der Waals surface area contributed by atoms with Gasteiger partial charge in [0.15, 0.2) is 11.5 Å². The number of ether oxygens (including phenoxy) is 3. The van der Waals surface area contributed by atoms with Crippen LogP contribution in [0.15, 0.2) is 12.1 Å². The highest BCUT2D eigenvalue weighted by Crippen LogP contribution is 2.39. The van der Waals surface area contributed by atoms with Crippen molar-refractivity contribution in [3.05, 3.63) is 17.7 Å². The fourth-order valence-corrected chi connectivity index (χ4v) is 2.02. The zero-order chi connectivity index (χ0) is 17.4. The summed E-state index contributed by atoms with van der Waals surface area (Å²) in [4.78, 5) is 23.2. The van der Waals surface area contributed by atoms with Gasteiger partial charge in [-0.1, -0.05) is 0 Å².